The Morgan fingerprint density at radius 2 is 1.94 bits per heavy atom. The summed E-state index contributed by atoms with van der Waals surface area (Å²) in [4.78, 5) is 0. The van der Waals surface area contributed by atoms with Crippen molar-refractivity contribution < 1.29 is 10.0 Å². The van der Waals surface area contributed by atoms with Gasteiger partial charge in [0.15, 0.2) is 7.28 Å². The maximum atomic E-state index is 9.24. The molecule has 1 aromatic carbocycles. The molecule has 0 amide bonds. The van der Waals surface area contributed by atoms with Crippen molar-refractivity contribution in [3.63, 3.8) is 0 Å². The Labute approximate surface area is 99.1 Å². The first kappa shape index (κ1) is 13.3. The van der Waals surface area contributed by atoms with Crippen molar-refractivity contribution in [2.45, 2.75) is 39.4 Å². The van der Waals surface area contributed by atoms with Crippen LogP contribution in [-0.2, 0) is 0 Å². The summed E-state index contributed by atoms with van der Waals surface area (Å²) >= 11 is 0. The molecule has 0 spiro atoms. The van der Waals surface area contributed by atoms with Gasteiger partial charge in [-0.05, 0) is 12.4 Å². The average molecular weight is 218 g/mol. The topological polar surface area (TPSA) is 40.5 Å². The smallest absolute Gasteiger partial charge is 0.423 e. The van der Waals surface area contributed by atoms with E-state index in [0.29, 0.717) is 5.46 Å². The summed E-state index contributed by atoms with van der Waals surface area (Å²) in [5, 5.41) is 18.7. The molecule has 86 valence electrons. The highest BCUT2D eigenvalue weighted by atomic mass is 16.4. The van der Waals surface area contributed by atoms with Crippen LogP contribution in [-0.4, -0.2) is 24.4 Å². The molecule has 0 atom stereocenters. The lowest BCUT2D eigenvalue weighted by Crippen LogP contribution is -2.37. The van der Waals surface area contributed by atoms with Crippen molar-refractivity contribution in [3.8, 4) is 0 Å². The second kappa shape index (κ2) is 5.07. The van der Waals surface area contributed by atoms with E-state index in [1.165, 1.54) is 5.46 Å². The van der Waals surface area contributed by atoms with E-state index < -0.39 is 7.12 Å². The van der Waals surface area contributed by atoms with Gasteiger partial charge in [-0.1, -0.05) is 61.7 Å². The van der Waals surface area contributed by atoms with Crippen LogP contribution in [0.4, 0.5) is 0 Å². The van der Waals surface area contributed by atoms with Gasteiger partial charge in [0.05, 0.1) is 0 Å². The van der Waals surface area contributed by atoms with Crippen molar-refractivity contribution in [1.82, 2.24) is 0 Å². The third-order valence-corrected chi connectivity index (χ3v) is 3.26. The Bertz CT molecular complexity index is 362. The number of hydrogen-bond donors (Lipinski definition) is 2. The fourth-order valence-corrected chi connectivity index (χ4v) is 1.76. The van der Waals surface area contributed by atoms with Crippen LogP contribution in [0.5, 0.6) is 0 Å². The first-order valence-electron chi connectivity index (χ1n) is 5.81. The molecule has 0 aliphatic rings. The number of hydrogen-bond acceptors (Lipinski definition) is 2. The van der Waals surface area contributed by atoms with E-state index in [4.69, 9.17) is 0 Å². The van der Waals surface area contributed by atoms with Crippen molar-refractivity contribution in [2.24, 2.45) is 0 Å². The molecule has 16 heavy (non-hydrogen) atoms. The lowest BCUT2D eigenvalue weighted by atomic mass is 9.49. The van der Waals surface area contributed by atoms with Crippen LogP contribution in [0.15, 0.2) is 18.2 Å². The Balaban J connectivity index is 2.95. The second-order valence-electron chi connectivity index (χ2n) is 5.26. The van der Waals surface area contributed by atoms with E-state index in [-0.39, 0.29) is 5.31 Å². The fraction of sp³-hybridized carbons (Fsp3) is 0.500. The monoisotopic (exact) mass is 218 g/mol. The normalized spacial score (nSPS) is 11.4. The molecule has 1 rings (SSSR count). The van der Waals surface area contributed by atoms with Crippen molar-refractivity contribution >= 4 is 25.3 Å². The van der Waals surface area contributed by atoms with Gasteiger partial charge in [-0.3, -0.25) is 0 Å². The van der Waals surface area contributed by atoms with Gasteiger partial charge in [-0.25, -0.2) is 0 Å². The van der Waals surface area contributed by atoms with Crippen LogP contribution in [0.3, 0.4) is 0 Å². The second-order valence-corrected chi connectivity index (χ2v) is 5.26. The van der Waals surface area contributed by atoms with Crippen molar-refractivity contribution in [1.29, 1.82) is 0 Å². The Kier molecular flexibility index (Phi) is 4.22. The maximum absolute atomic E-state index is 9.24. The average Bonchev–Trinajstić information content (AvgIpc) is 2.20. The van der Waals surface area contributed by atoms with Crippen LogP contribution in [0.25, 0.3) is 0 Å². The molecule has 2 N–H and O–H groups in total. The Morgan fingerprint density at radius 1 is 1.31 bits per heavy atom. The van der Waals surface area contributed by atoms with Crippen LogP contribution in [0, 0.1) is 6.92 Å². The van der Waals surface area contributed by atoms with Crippen LogP contribution in [0.2, 0.25) is 5.31 Å². The minimum Gasteiger partial charge on any atom is -0.423 e. The quantitative estimate of drug-likeness (QED) is 0.715. The molecule has 2 nitrogen and oxygen atoms in total. The lowest BCUT2D eigenvalue weighted by molar-refractivity contribution is 0.425. The molecule has 0 saturated heterocycles. The van der Waals surface area contributed by atoms with Crippen molar-refractivity contribution in [3.05, 3.63) is 23.8 Å². The first-order valence-corrected chi connectivity index (χ1v) is 5.81. The van der Waals surface area contributed by atoms with Crippen LogP contribution >= 0.6 is 0 Å². The minimum absolute atomic E-state index is 0.257. The molecule has 0 aromatic heterocycles. The van der Waals surface area contributed by atoms with Gasteiger partial charge in [-0.2, -0.15) is 0 Å². The first-order chi connectivity index (χ1) is 7.35. The van der Waals surface area contributed by atoms with Gasteiger partial charge < -0.3 is 10.0 Å². The summed E-state index contributed by atoms with van der Waals surface area (Å²) in [6.45, 7) is 8.52. The van der Waals surface area contributed by atoms with E-state index in [9.17, 15) is 10.0 Å². The summed E-state index contributed by atoms with van der Waals surface area (Å²) in [7, 11) is -0.409. The predicted molar refractivity (Wildman–Crippen MR) is 72.1 cm³/mol. The molecule has 0 fully saturated rings. The highest BCUT2D eigenvalue weighted by Gasteiger charge is 2.20. The zero-order valence-corrected chi connectivity index (χ0v) is 10.6. The molecule has 0 unspecified atom stereocenters. The van der Waals surface area contributed by atoms with E-state index in [2.05, 4.69) is 26.8 Å². The number of benzene rings is 1. The SMILES string of the molecule is CCC(C)(C)Bc1ccc(C)c(B(O)O)c1. The predicted octanol–water partition coefficient (Wildman–Crippen LogP) is 0.345. The standard InChI is InChI=1S/C12H20B2O2/c1-5-12(3,4)13-10-7-6-9(2)11(8-10)14(15)16/h6-8,13,15-16H,5H2,1-4H3. The van der Waals surface area contributed by atoms with Gasteiger partial charge in [0, 0.05) is 0 Å². The van der Waals surface area contributed by atoms with E-state index in [1.807, 2.05) is 19.1 Å². The largest absolute Gasteiger partial charge is 0.488 e. The molecule has 1 aromatic rings. The van der Waals surface area contributed by atoms with Gasteiger partial charge in [0.25, 0.3) is 0 Å². The summed E-state index contributed by atoms with van der Waals surface area (Å²) < 4.78 is 0. The third-order valence-electron chi connectivity index (χ3n) is 3.26. The maximum Gasteiger partial charge on any atom is 0.488 e. The van der Waals surface area contributed by atoms with E-state index >= 15 is 0 Å². The van der Waals surface area contributed by atoms with Gasteiger partial charge in [0.2, 0.25) is 0 Å². The molecular formula is C12H20B2O2. The summed E-state index contributed by atoms with van der Waals surface area (Å²) in [5.41, 5.74) is 2.71. The summed E-state index contributed by atoms with van der Waals surface area (Å²) in [5.74, 6) is 0. The molecular weight excluding hydrogens is 198 g/mol. The van der Waals surface area contributed by atoms with Crippen LogP contribution in [0.1, 0.15) is 32.8 Å². The molecule has 0 saturated carbocycles. The highest BCUT2D eigenvalue weighted by Crippen LogP contribution is 2.25. The highest BCUT2D eigenvalue weighted by molar-refractivity contribution is 6.62. The Hall–Kier alpha value is -0.730. The minimum atomic E-state index is -1.37. The van der Waals surface area contributed by atoms with Gasteiger partial charge in [0.1, 0.15) is 0 Å². The molecule has 0 aliphatic heterocycles. The number of rotatable bonds is 4. The fourth-order valence-electron chi connectivity index (χ4n) is 1.76. The molecule has 0 heterocycles. The third kappa shape index (κ3) is 3.39. The van der Waals surface area contributed by atoms with Gasteiger partial charge in [-0.15, -0.1) is 0 Å². The summed E-state index contributed by atoms with van der Waals surface area (Å²) in [6.07, 6.45) is 1.11. The van der Waals surface area contributed by atoms with Crippen LogP contribution < -0.4 is 10.9 Å². The van der Waals surface area contributed by atoms with Gasteiger partial charge >= 0.3 is 7.12 Å². The zero-order valence-electron chi connectivity index (χ0n) is 10.6. The number of aryl methyl sites for hydroxylation is 1. The summed E-state index contributed by atoms with van der Waals surface area (Å²) in [6, 6.07) is 5.92. The lowest BCUT2D eigenvalue weighted by Gasteiger charge is -2.21. The van der Waals surface area contributed by atoms with E-state index in [1.54, 1.807) is 0 Å². The molecule has 0 bridgehead atoms. The molecule has 0 radical (unpaired) electrons. The molecule has 0 aliphatic carbocycles. The van der Waals surface area contributed by atoms with Crippen molar-refractivity contribution in [2.75, 3.05) is 0 Å². The Morgan fingerprint density at radius 3 is 2.44 bits per heavy atom. The van der Waals surface area contributed by atoms with E-state index in [0.717, 1.165) is 19.3 Å². The zero-order chi connectivity index (χ0) is 12.3. The molecule has 4 heteroatoms.